The summed E-state index contributed by atoms with van der Waals surface area (Å²) in [5, 5.41) is 9.60. The molecule has 0 unspecified atom stereocenters. The fourth-order valence-electron chi connectivity index (χ4n) is 3.51. The molecule has 1 aromatic carbocycles. The van der Waals surface area contributed by atoms with E-state index >= 15 is 0 Å². The molecule has 0 bridgehead atoms. The van der Waals surface area contributed by atoms with E-state index in [-0.39, 0.29) is 5.75 Å². The quantitative estimate of drug-likeness (QED) is 0.786. The van der Waals surface area contributed by atoms with Gasteiger partial charge in [-0.25, -0.2) is 9.97 Å². The summed E-state index contributed by atoms with van der Waals surface area (Å²) >= 11 is 0. The molecule has 1 aliphatic heterocycles. The molecule has 1 N–H and O–H groups in total. The summed E-state index contributed by atoms with van der Waals surface area (Å²) in [4.78, 5) is 16.3. The molecule has 0 aliphatic carbocycles. The molecular weight excluding hydrogens is 324 g/mol. The Hall–Kier alpha value is -2.79. The number of phenols is 1. The van der Waals surface area contributed by atoms with Gasteiger partial charge >= 0.3 is 0 Å². The van der Waals surface area contributed by atoms with Crippen molar-refractivity contribution in [2.75, 3.05) is 6.54 Å². The van der Waals surface area contributed by atoms with Gasteiger partial charge in [0.2, 0.25) is 0 Å². The predicted octanol–water partition coefficient (Wildman–Crippen LogP) is 3.50. The fraction of sp³-hybridized carbons (Fsp3) is 0.286. The first-order valence-electron chi connectivity index (χ1n) is 8.97. The Morgan fingerprint density at radius 3 is 2.69 bits per heavy atom. The maximum atomic E-state index is 9.60. The average molecular weight is 346 g/mol. The first-order chi connectivity index (χ1) is 12.7. The lowest BCUT2D eigenvalue weighted by Crippen LogP contribution is -2.23. The summed E-state index contributed by atoms with van der Waals surface area (Å²) in [6, 6.07) is 13.3. The highest BCUT2D eigenvalue weighted by Crippen LogP contribution is 2.29. The molecule has 3 aromatic rings. The molecule has 132 valence electrons. The number of fused-ring (bicyclic) bond motifs is 1. The molecule has 0 spiro atoms. The second kappa shape index (κ2) is 7.22. The highest BCUT2D eigenvalue weighted by Gasteiger charge is 2.21. The van der Waals surface area contributed by atoms with Crippen LogP contribution < -0.4 is 0 Å². The van der Waals surface area contributed by atoms with Crippen molar-refractivity contribution in [3.05, 3.63) is 71.4 Å². The van der Waals surface area contributed by atoms with Gasteiger partial charge in [0, 0.05) is 36.1 Å². The zero-order valence-corrected chi connectivity index (χ0v) is 14.9. The lowest BCUT2D eigenvalue weighted by Gasteiger charge is -2.21. The number of rotatable bonds is 3. The Morgan fingerprint density at radius 1 is 1.08 bits per heavy atom. The van der Waals surface area contributed by atoms with E-state index in [1.807, 2.05) is 37.4 Å². The van der Waals surface area contributed by atoms with Gasteiger partial charge in [-0.15, -0.1) is 0 Å². The van der Waals surface area contributed by atoms with Gasteiger partial charge in [0.1, 0.15) is 11.6 Å². The number of benzene rings is 1. The summed E-state index contributed by atoms with van der Waals surface area (Å²) in [7, 11) is 0. The normalized spacial score (nSPS) is 14.7. The van der Waals surface area contributed by atoms with E-state index < -0.39 is 0 Å². The minimum absolute atomic E-state index is 0.266. The second-order valence-electron chi connectivity index (χ2n) is 6.73. The molecule has 0 amide bonds. The lowest BCUT2D eigenvalue weighted by molar-refractivity contribution is 0.258. The van der Waals surface area contributed by atoms with Crippen LogP contribution in [0.25, 0.3) is 11.3 Å². The average Bonchev–Trinajstić information content (AvgIpc) is 2.84. The molecule has 3 heterocycles. The van der Waals surface area contributed by atoms with Gasteiger partial charge in [-0.3, -0.25) is 9.88 Å². The van der Waals surface area contributed by atoms with Gasteiger partial charge in [-0.1, -0.05) is 6.07 Å². The third-order valence-electron chi connectivity index (χ3n) is 4.73. The van der Waals surface area contributed by atoms with Crippen LogP contribution >= 0.6 is 0 Å². The molecule has 0 radical (unpaired) electrons. The van der Waals surface area contributed by atoms with E-state index in [9.17, 15) is 5.11 Å². The molecule has 1 aliphatic rings. The second-order valence-corrected chi connectivity index (χ2v) is 6.73. The first-order valence-corrected chi connectivity index (χ1v) is 8.97. The zero-order chi connectivity index (χ0) is 17.9. The molecule has 0 atom stereocenters. The van der Waals surface area contributed by atoms with Gasteiger partial charge < -0.3 is 5.11 Å². The van der Waals surface area contributed by atoms with Gasteiger partial charge in [0.15, 0.2) is 0 Å². The van der Waals surface area contributed by atoms with Crippen LogP contribution in [0.5, 0.6) is 5.75 Å². The minimum Gasteiger partial charge on any atom is -0.508 e. The van der Waals surface area contributed by atoms with Crippen LogP contribution in [0.1, 0.15) is 29.2 Å². The van der Waals surface area contributed by atoms with Crippen molar-refractivity contribution in [3.63, 3.8) is 0 Å². The molecule has 0 saturated carbocycles. The third kappa shape index (κ3) is 3.58. The zero-order valence-electron chi connectivity index (χ0n) is 14.9. The number of pyridine rings is 1. The van der Waals surface area contributed by atoms with Crippen molar-refractivity contribution >= 4 is 0 Å². The van der Waals surface area contributed by atoms with Crippen molar-refractivity contribution < 1.29 is 5.11 Å². The number of hydrogen-bond donors (Lipinski definition) is 1. The molecular formula is C21H22N4O. The number of nitrogens with zero attached hydrogens (tertiary/aromatic N) is 4. The van der Waals surface area contributed by atoms with Gasteiger partial charge in [0.25, 0.3) is 0 Å². The summed E-state index contributed by atoms with van der Waals surface area (Å²) < 4.78 is 0. The van der Waals surface area contributed by atoms with E-state index in [0.29, 0.717) is 0 Å². The topological polar surface area (TPSA) is 62.1 Å². The van der Waals surface area contributed by atoms with Crippen molar-refractivity contribution in [2.45, 2.75) is 32.9 Å². The van der Waals surface area contributed by atoms with Gasteiger partial charge in [0.05, 0.1) is 11.4 Å². The molecule has 5 nitrogen and oxygen atoms in total. The van der Waals surface area contributed by atoms with E-state index in [0.717, 1.165) is 60.9 Å². The van der Waals surface area contributed by atoms with Gasteiger partial charge in [-0.2, -0.15) is 0 Å². The fourth-order valence-corrected chi connectivity index (χ4v) is 3.51. The maximum Gasteiger partial charge on any atom is 0.126 e. The number of phenolic OH excluding ortho intramolecular Hbond substituents is 1. The number of aromatic hydroxyl groups is 1. The van der Waals surface area contributed by atoms with Crippen molar-refractivity contribution in [2.24, 2.45) is 0 Å². The monoisotopic (exact) mass is 346 g/mol. The molecule has 26 heavy (non-hydrogen) atoms. The van der Waals surface area contributed by atoms with Crippen molar-refractivity contribution in [1.29, 1.82) is 0 Å². The Morgan fingerprint density at radius 2 is 1.92 bits per heavy atom. The molecule has 0 saturated heterocycles. The van der Waals surface area contributed by atoms with Gasteiger partial charge in [-0.05, 0) is 62.7 Å². The minimum atomic E-state index is 0.266. The maximum absolute atomic E-state index is 9.60. The lowest BCUT2D eigenvalue weighted by atomic mass is 10.0. The summed E-state index contributed by atoms with van der Waals surface area (Å²) in [5.74, 6) is 1.06. The number of aryl methyl sites for hydroxylation is 2. The first kappa shape index (κ1) is 16.7. The van der Waals surface area contributed by atoms with E-state index in [4.69, 9.17) is 9.97 Å². The summed E-state index contributed by atoms with van der Waals surface area (Å²) in [5.41, 5.74) is 5.40. The summed E-state index contributed by atoms with van der Waals surface area (Å²) in [6.45, 7) is 4.59. The SMILES string of the molecule is Cc1nc2c(c(-c3ccc(O)cc3)n1)CN(Cc1ccccn1)CCC2. The van der Waals surface area contributed by atoms with Crippen molar-refractivity contribution in [1.82, 2.24) is 19.9 Å². The highest BCUT2D eigenvalue weighted by molar-refractivity contribution is 5.65. The Labute approximate surface area is 153 Å². The Kier molecular flexibility index (Phi) is 4.63. The number of hydrogen-bond acceptors (Lipinski definition) is 5. The van der Waals surface area contributed by atoms with E-state index in [1.54, 1.807) is 12.1 Å². The number of aromatic nitrogens is 3. The molecule has 5 heteroatoms. The molecule has 4 rings (SSSR count). The van der Waals surface area contributed by atoms with E-state index in [1.165, 1.54) is 5.56 Å². The molecule has 2 aromatic heterocycles. The predicted molar refractivity (Wildman–Crippen MR) is 101 cm³/mol. The van der Waals surface area contributed by atoms with Crippen LogP contribution in [0.3, 0.4) is 0 Å². The smallest absolute Gasteiger partial charge is 0.126 e. The van der Waals surface area contributed by atoms with Crippen LogP contribution in [-0.4, -0.2) is 31.5 Å². The summed E-state index contributed by atoms with van der Waals surface area (Å²) in [6.07, 6.45) is 3.88. The molecule has 0 fully saturated rings. The standard InChI is InChI=1S/C21H22N4O/c1-15-23-20-6-4-12-25(13-17-5-2-3-11-22-17)14-19(20)21(24-15)16-7-9-18(26)10-8-16/h2-3,5,7-11,26H,4,6,12-14H2,1H3. The van der Waals surface area contributed by atoms with E-state index in [2.05, 4.69) is 16.0 Å². The van der Waals surface area contributed by atoms with Crippen LogP contribution in [-0.2, 0) is 19.5 Å². The largest absolute Gasteiger partial charge is 0.508 e. The Bertz CT molecular complexity index is 894. The third-order valence-corrected chi connectivity index (χ3v) is 4.73. The van der Waals surface area contributed by atoms with Crippen LogP contribution in [0, 0.1) is 6.92 Å². The Balaban J connectivity index is 1.70. The van der Waals surface area contributed by atoms with Crippen LogP contribution in [0.2, 0.25) is 0 Å². The highest BCUT2D eigenvalue weighted by atomic mass is 16.3. The van der Waals surface area contributed by atoms with Crippen LogP contribution in [0.4, 0.5) is 0 Å². The van der Waals surface area contributed by atoms with Crippen molar-refractivity contribution in [3.8, 4) is 17.0 Å². The van der Waals surface area contributed by atoms with Crippen LogP contribution in [0.15, 0.2) is 48.7 Å².